The number of benzene rings is 2. The zero-order valence-electron chi connectivity index (χ0n) is 14.5. The molecule has 2 aromatic carbocycles. The lowest BCUT2D eigenvalue weighted by molar-refractivity contribution is 0.0949. The number of anilines is 1. The van der Waals surface area contributed by atoms with E-state index in [-0.39, 0.29) is 18.3 Å². The summed E-state index contributed by atoms with van der Waals surface area (Å²) in [6.45, 7) is 4.73. The second kappa shape index (κ2) is 9.44. The summed E-state index contributed by atoms with van der Waals surface area (Å²) in [7, 11) is 0. The van der Waals surface area contributed by atoms with Crippen LogP contribution in [-0.2, 0) is 24.3 Å². The van der Waals surface area contributed by atoms with Crippen LogP contribution in [0.1, 0.15) is 40.4 Å². The molecule has 0 aromatic heterocycles. The quantitative estimate of drug-likeness (QED) is 0.820. The van der Waals surface area contributed by atoms with Gasteiger partial charge in [0.05, 0.1) is 6.61 Å². The fourth-order valence-corrected chi connectivity index (χ4v) is 3.08. The van der Waals surface area contributed by atoms with Crippen LogP contribution >= 0.6 is 12.4 Å². The molecule has 0 unspecified atom stereocenters. The molecular weight excluding hydrogens is 336 g/mol. The highest BCUT2D eigenvalue weighted by Gasteiger charge is 2.17. The molecule has 3 rings (SSSR count). The molecule has 5 heteroatoms. The number of hydrogen-bond donors (Lipinski definition) is 2. The standard InChI is InChI=1S/C20H24N2O2.ClH/c1-2-24-14-16-8-4-3-7-15(16)13-22-20(23)18-9-5-11-19-17(18)10-6-12-21-19;/h3-5,7-9,11,21H,2,6,10,12-14H2,1H3,(H,22,23);1H. The van der Waals surface area contributed by atoms with Gasteiger partial charge in [0.1, 0.15) is 0 Å². The SMILES string of the molecule is CCOCc1ccccc1CNC(=O)c1cccc2c1CCCN2.Cl. The van der Waals surface area contributed by atoms with E-state index in [4.69, 9.17) is 4.74 Å². The highest BCUT2D eigenvalue weighted by atomic mass is 35.5. The van der Waals surface area contributed by atoms with Gasteiger partial charge in [-0.2, -0.15) is 0 Å². The Kier molecular flexibility index (Phi) is 7.29. The summed E-state index contributed by atoms with van der Waals surface area (Å²) in [4.78, 5) is 12.6. The van der Waals surface area contributed by atoms with E-state index < -0.39 is 0 Å². The number of hydrogen-bond acceptors (Lipinski definition) is 3. The predicted octanol–water partition coefficient (Wildman–Crippen LogP) is 3.93. The second-order valence-corrected chi connectivity index (χ2v) is 5.95. The Bertz CT molecular complexity index is 719. The normalized spacial score (nSPS) is 12.5. The van der Waals surface area contributed by atoms with Crippen LogP contribution in [0.15, 0.2) is 42.5 Å². The molecule has 0 bridgehead atoms. The minimum absolute atomic E-state index is 0. The Morgan fingerprint density at radius 2 is 1.96 bits per heavy atom. The van der Waals surface area contributed by atoms with Gasteiger partial charge in [-0.05, 0) is 48.6 Å². The van der Waals surface area contributed by atoms with Crippen molar-refractivity contribution in [2.45, 2.75) is 32.9 Å². The van der Waals surface area contributed by atoms with E-state index >= 15 is 0 Å². The van der Waals surface area contributed by atoms with Crippen LogP contribution in [-0.4, -0.2) is 19.1 Å². The molecule has 25 heavy (non-hydrogen) atoms. The van der Waals surface area contributed by atoms with Crippen molar-refractivity contribution >= 4 is 24.0 Å². The van der Waals surface area contributed by atoms with Gasteiger partial charge in [-0.3, -0.25) is 4.79 Å². The van der Waals surface area contributed by atoms with Gasteiger partial charge in [0, 0.05) is 30.9 Å². The largest absolute Gasteiger partial charge is 0.385 e. The molecule has 134 valence electrons. The minimum Gasteiger partial charge on any atom is -0.385 e. The Hall–Kier alpha value is -2.04. The average molecular weight is 361 g/mol. The first-order valence-corrected chi connectivity index (χ1v) is 8.58. The molecule has 1 amide bonds. The summed E-state index contributed by atoms with van der Waals surface area (Å²) in [5, 5.41) is 6.43. The molecule has 1 aliphatic heterocycles. The van der Waals surface area contributed by atoms with Crippen molar-refractivity contribution in [1.82, 2.24) is 5.32 Å². The number of carbonyl (C=O) groups excluding carboxylic acids is 1. The van der Waals surface area contributed by atoms with Crippen LogP contribution in [0.4, 0.5) is 5.69 Å². The van der Waals surface area contributed by atoms with E-state index in [0.717, 1.165) is 47.3 Å². The molecular formula is C20H25ClN2O2. The Labute approximate surface area is 155 Å². The van der Waals surface area contributed by atoms with Crippen molar-refractivity contribution in [3.8, 4) is 0 Å². The summed E-state index contributed by atoms with van der Waals surface area (Å²) >= 11 is 0. The number of ether oxygens (including phenoxy) is 1. The zero-order valence-corrected chi connectivity index (χ0v) is 15.3. The fourth-order valence-electron chi connectivity index (χ4n) is 3.08. The van der Waals surface area contributed by atoms with Gasteiger partial charge in [0.15, 0.2) is 0 Å². The molecule has 0 saturated carbocycles. The van der Waals surface area contributed by atoms with E-state index in [1.54, 1.807) is 0 Å². The Morgan fingerprint density at radius 1 is 1.16 bits per heavy atom. The van der Waals surface area contributed by atoms with Crippen molar-refractivity contribution < 1.29 is 9.53 Å². The summed E-state index contributed by atoms with van der Waals surface area (Å²) in [5.74, 6) is -0.0123. The lowest BCUT2D eigenvalue weighted by Crippen LogP contribution is -2.26. The second-order valence-electron chi connectivity index (χ2n) is 5.95. The summed E-state index contributed by atoms with van der Waals surface area (Å²) in [6, 6.07) is 14.0. The van der Waals surface area contributed by atoms with Crippen molar-refractivity contribution in [3.63, 3.8) is 0 Å². The average Bonchev–Trinajstić information content (AvgIpc) is 2.64. The maximum Gasteiger partial charge on any atom is 0.251 e. The Balaban J connectivity index is 0.00000225. The summed E-state index contributed by atoms with van der Waals surface area (Å²) in [5.41, 5.74) is 5.22. The van der Waals surface area contributed by atoms with E-state index in [0.29, 0.717) is 19.8 Å². The van der Waals surface area contributed by atoms with Crippen molar-refractivity contribution in [2.24, 2.45) is 0 Å². The third kappa shape index (κ3) is 4.74. The van der Waals surface area contributed by atoms with E-state index in [1.807, 2.05) is 49.4 Å². The van der Waals surface area contributed by atoms with Gasteiger partial charge < -0.3 is 15.4 Å². The number of fused-ring (bicyclic) bond motifs is 1. The molecule has 0 spiro atoms. The fraction of sp³-hybridized carbons (Fsp3) is 0.350. The number of carbonyl (C=O) groups is 1. The monoisotopic (exact) mass is 360 g/mol. The minimum atomic E-state index is -0.0123. The smallest absolute Gasteiger partial charge is 0.251 e. The van der Waals surface area contributed by atoms with Crippen molar-refractivity contribution in [2.75, 3.05) is 18.5 Å². The topological polar surface area (TPSA) is 50.4 Å². The first kappa shape index (κ1) is 19.3. The molecule has 0 atom stereocenters. The molecule has 0 saturated heterocycles. The summed E-state index contributed by atoms with van der Waals surface area (Å²) < 4.78 is 5.51. The first-order chi connectivity index (χ1) is 11.8. The third-order valence-electron chi connectivity index (χ3n) is 4.36. The molecule has 2 N–H and O–H groups in total. The van der Waals surface area contributed by atoms with Crippen LogP contribution < -0.4 is 10.6 Å². The highest BCUT2D eigenvalue weighted by Crippen LogP contribution is 2.25. The molecule has 0 fully saturated rings. The molecule has 0 radical (unpaired) electrons. The van der Waals surface area contributed by atoms with Crippen LogP contribution in [0.5, 0.6) is 0 Å². The first-order valence-electron chi connectivity index (χ1n) is 8.58. The van der Waals surface area contributed by atoms with Gasteiger partial charge in [-0.25, -0.2) is 0 Å². The van der Waals surface area contributed by atoms with Gasteiger partial charge in [0.2, 0.25) is 0 Å². The zero-order chi connectivity index (χ0) is 16.8. The van der Waals surface area contributed by atoms with E-state index in [2.05, 4.69) is 10.6 Å². The van der Waals surface area contributed by atoms with Gasteiger partial charge in [0.25, 0.3) is 5.91 Å². The maximum absolute atomic E-state index is 12.6. The van der Waals surface area contributed by atoms with Crippen LogP contribution in [0, 0.1) is 0 Å². The molecule has 1 heterocycles. The lowest BCUT2D eigenvalue weighted by Gasteiger charge is -2.20. The summed E-state index contributed by atoms with van der Waals surface area (Å²) in [6.07, 6.45) is 2.02. The van der Waals surface area contributed by atoms with Crippen LogP contribution in [0.25, 0.3) is 0 Å². The van der Waals surface area contributed by atoms with Crippen molar-refractivity contribution in [3.05, 3.63) is 64.7 Å². The number of rotatable bonds is 6. The number of halogens is 1. The van der Waals surface area contributed by atoms with Crippen LogP contribution in [0.2, 0.25) is 0 Å². The van der Waals surface area contributed by atoms with Gasteiger partial charge in [-0.1, -0.05) is 30.3 Å². The molecule has 4 nitrogen and oxygen atoms in total. The molecule has 1 aliphatic rings. The third-order valence-corrected chi connectivity index (χ3v) is 4.36. The van der Waals surface area contributed by atoms with E-state index in [1.165, 1.54) is 0 Å². The maximum atomic E-state index is 12.6. The highest BCUT2D eigenvalue weighted by molar-refractivity contribution is 5.97. The number of nitrogens with one attached hydrogen (secondary N) is 2. The number of amides is 1. The molecule has 2 aromatic rings. The van der Waals surface area contributed by atoms with Crippen LogP contribution in [0.3, 0.4) is 0 Å². The molecule has 0 aliphatic carbocycles. The van der Waals surface area contributed by atoms with Crippen molar-refractivity contribution in [1.29, 1.82) is 0 Å². The Morgan fingerprint density at radius 3 is 2.76 bits per heavy atom. The van der Waals surface area contributed by atoms with Gasteiger partial charge >= 0.3 is 0 Å². The lowest BCUT2D eigenvalue weighted by atomic mass is 9.97. The van der Waals surface area contributed by atoms with E-state index in [9.17, 15) is 4.79 Å². The predicted molar refractivity (Wildman–Crippen MR) is 103 cm³/mol. The van der Waals surface area contributed by atoms with Gasteiger partial charge in [-0.15, -0.1) is 12.4 Å².